The summed E-state index contributed by atoms with van der Waals surface area (Å²) < 4.78 is 0. The van der Waals surface area contributed by atoms with Crippen molar-refractivity contribution < 1.29 is 4.79 Å². The topological polar surface area (TPSA) is 68.8 Å². The zero-order valence-corrected chi connectivity index (χ0v) is 22.3. The lowest BCUT2D eigenvalue weighted by Crippen LogP contribution is -2.40. The number of hydrogen-bond donors (Lipinski definition) is 3. The van der Waals surface area contributed by atoms with Crippen molar-refractivity contribution in [3.05, 3.63) is 44.8 Å². The lowest BCUT2D eigenvalue weighted by atomic mass is 9.88. The minimum atomic E-state index is 0. The minimum Gasteiger partial charge on any atom is -0.357 e. The molecule has 0 aromatic carbocycles. The Hall–Kier alpha value is -1.17. The van der Waals surface area contributed by atoms with E-state index < -0.39 is 0 Å². The molecule has 9 heteroatoms. The van der Waals surface area contributed by atoms with Gasteiger partial charge in [-0.1, -0.05) is 12.1 Å². The zero-order chi connectivity index (χ0) is 21.2. The average molecular weight is 576 g/mol. The normalized spacial score (nSPS) is 19.5. The van der Waals surface area contributed by atoms with Crippen LogP contribution in [0.1, 0.15) is 46.8 Å². The van der Waals surface area contributed by atoms with E-state index in [1.807, 2.05) is 28.8 Å². The minimum absolute atomic E-state index is 0. The number of nitrogens with one attached hydrogen (secondary N) is 3. The smallest absolute Gasteiger partial charge is 0.261 e. The highest BCUT2D eigenvalue weighted by Crippen LogP contribution is 2.37. The molecule has 3 N–H and O–H groups in total. The van der Waals surface area contributed by atoms with Gasteiger partial charge in [0.05, 0.1) is 4.88 Å². The summed E-state index contributed by atoms with van der Waals surface area (Å²) in [5, 5.41) is 13.8. The molecular formula is C22H34IN5OS2. The summed E-state index contributed by atoms with van der Waals surface area (Å²) >= 11 is 3.31. The molecule has 1 aliphatic rings. The van der Waals surface area contributed by atoms with Crippen LogP contribution in [-0.2, 0) is 0 Å². The van der Waals surface area contributed by atoms with Crippen LogP contribution in [0.25, 0.3) is 0 Å². The Kier molecular flexibility index (Phi) is 11.8. The molecule has 31 heavy (non-hydrogen) atoms. The Labute approximate surface area is 210 Å². The van der Waals surface area contributed by atoms with Gasteiger partial charge in [0, 0.05) is 37.1 Å². The number of guanidine groups is 1. The summed E-state index contributed by atoms with van der Waals surface area (Å²) in [5.74, 6) is 1.40. The Morgan fingerprint density at radius 2 is 1.94 bits per heavy atom. The molecule has 1 saturated heterocycles. The number of nitrogens with zero attached hydrogens (tertiary/aromatic N) is 2. The van der Waals surface area contributed by atoms with Crippen molar-refractivity contribution >= 4 is 58.5 Å². The van der Waals surface area contributed by atoms with Gasteiger partial charge in [-0.05, 0) is 68.6 Å². The van der Waals surface area contributed by atoms with Crippen LogP contribution in [0.3, 0.4) is 0 Å². The molecule has 172 valence electrons. The van der Waals surface area contributed by atoms with Gasteiger partial charge >= 0.3 is 0 Å². The van der Waals surface area contributed by atoms with Crippen LogP contribution in [0.5, 0.6) is 0 Å². The summed E-state index contributed by atoms with van der Waals surface area (Å²) in [6.07, 6.45) is 3.29. The first-order valence-electron chi connectivity index (χ1n) is 10.8. The van der Waals surface area contributed by atoms with E-state index in [2.05, 4.69) is 52.3 Å². The second kappa shape index (κ2) is 14.1. The van der Waals surface area contributed by atoms with Crippen molar-refractivity contribution in [2.24, 2.45) is 10.9 Å². The van der Waals surface area contributed by atoms with Crippen molar-refractivity contribution in [1.82, 2.24) is 20.9 Å². The van der Waals surface area contributed by atoms with Crippen molar-refractivity contribution in [1.29, 1.82) is 0 Å². The van der Waals surface area contributed by atoms with Crippen molar-refractivity contribution in [3.63, 3.8) is 0 Å². The number of halogens is 1. The summed E-state index contributed by atoms with van der Waals surface area (Å²) in [6, 6.07) is 8.60. The monoisotopic (exact) mass is 575 g/mol. The van der Waals surface area contributed by atoms with Crippen LogP contribution >= 0.6 is 46.7 Å². The second-order valence-corrected chi connectivity index (χ2v) is 9.50. The number of rotatable bonds is 9. The van der Waals surface area contributed by atoms with Gasteiger partial charge in [0.15, 0.2) is 5.96 Å². The fourth-order valence-corrected chi connectivity index (χ4v) is 5.53. The van der Waals surface area contributed by atoms with Gasteiger partial charge in [-0.3, -0.25) is 14.7 Å². The van der Waals surface area contributed by atoms with E-state index in [9.17, 15) is 4.79 Å². The number of carbonyl (C=O) groups is 1. The van der Waals surface area contributed by atoms with E-state index in [4.69, 9.17) is 4.99 Å². The molecule has 0 bridgehead atoms. The van der Waals surface area contributed by atoms with E-state index in [0.717, 1.165) is 43.4 Å². The Morgan fingerprint density at radius 1 is 1.16 bits per heavy atom. The Bertz CT molecular complexity index is 782. The predicted octanol–water partition coefficient (Wildman–Crippen LogP) is 4.19. The molecule has 2 unspecified atom stereocenters. The molecule has 6 nitrogen and oxygen atoms in total. The predicted molar refractivity (Wildman–Crippen MR) is 143 cm³/mol. The third kappa shape index (κ3) is 8.03. The van der Waals surface area contributed by atoms with Gasteiger partial charge in [-0.15, -0.1) is 46.7 Å². The number of amides is 1. The number of likely N-dealkylation sites (tertiary alicyclic amines) is 1. The summed E-state index contributed by atoms with van der Waals surface area (Å²) in [7, 11) is 2.23. The summed E-state index contributed by atoms with van der Waals surface area (Å²) in [5.41, 5.74) is 0. The highest BCUT2D eigenvalue weighted by atomic mass is 127. The van der Waals surface area contributed by atoms with Gasteiger partial charge in [0.2, 0.25) is 0 Å². The molecule has 1 amide bonds. The number of hydrogen-bond acceptors (Lipinski definition) is 5. The van der Waals surface area contributed by atoms with Crippen LogP contribution in [-0.4, -0.2) is 56.5 Å². The van der Waals surface area contributed by atoms with E-state index in [-0.39, 0.29) is 29.9 Å². The molecule has 0 radical (unpaired) electrons. The molecule has 2 aromatic rings. The van der Waals surface area contributed by atoms with Gasteiger partial charge in [0.1, 0.15) is 0 Å². The van der Waals surface area contributed by atoms with Crippen LogP contribution in [0, 0.1) is 5.92 Å². The first-order chi connectivity index (χ1) is 14.7. The molecular weight excluding hydrogens is 541 g/mol. The maximum Gasteiger partial charge on any atom is 0.261 e. The quantitative estimate of drug-likeness (QED) is 0.182. The Morgan fingerprint density at radius 3 is 2.65 bits per heavy atom. The summed E-state index contributed by atoms with van der Waals surface area (Å²) in [6.45, 7) is 6.31. The van der Waals surface area contributed by atoms with Gasteiger partial charge in [-0.2, -0.15) is 0 Å². The fraction of sp³-hybridized carbons (Fsp3) is 0.545. The van der Waals surface area contributed by atoms with Gasteiger partial charge in [0.25, 0.3) is 5.91 Å². The molecule has 2 aromatic heterocycles. The molecule has 2 atom stereocenters. The number of thiophene rings is 2. The Balaban J connectivity index is 0.00000341. The van der Waals surface area contributed by atoms with Crippen LogP contribution in [0.4, 0.5) is 0 Å². The van der Waals surface area contributed by atoms with Gasteiger partial charge in [-0.25, -0.2) is 0 Å². The lowest BCUT2D eigenvalue weighted by Gasteiger charge is -2.38. The fourth-order valence-electron chi connectivity index (χ4n) is 3.90. The molecule has 0 saturated carbocycles. The van der Waals surface area contributed by atoms with Crippen molar-refractivity contribution in [3.8, 4) is 0 Å². The summed E-state index contributed by atoms with van der Waals surface area (Å²) in [4.78, 5) is 21.5. The zero-order valence-electron chi connectivity index (χ0n) is 18.3. The average Bonchev–Trinajstić information content (AvgIpc) is 3.45. The third-order valence-corrected chi connectivity index (χ3v) is 7.16. The largest absolute Gasteiger partial charge is 0.357 e. The highest BCUT2D eigenvalue weighted by molar-refractivity contribution is 14.0. The SMILES string of the molecule is CCNC(=NCC1CCCN(C)C1c1cccs1)NCCCNC(=O)c1cccs1.I. The van der Waals surface area contributed by atoms with Crippen molar-refractivity contribution in [2.45, 2.75) is 32.2 Å². The van der Waals surface area contributed by atoms with Crippen molar-refractivity contribution in [2.75, 3.05) is 39.8 Å². The third-order valence-electron chi connectivity index (χ3n) is 5.35. The van der Waals surface area contributed by atoms with Gasteiger partial charge < -0.3 is 16.0 Å². The number of piperidine rings is 1. The highest BCUT2D eigenvalue weighted by Gasteiger charge is 2.31. The molecule has 1 aliphatic heterocycles. The number of aliphatic imine (C=N–C) groups is 1. The van der Waals surface area contributed by atoms with E-state index in [0.29, 0.717) is 18.5 Å². The lowest BCUT2D eigenvalue weighted by molar-refractivity contribution is 0.0957. The van der Waals surface area contributed by atoms with Crippen LogP contribution < -0.4 is 16.0 Å². The van der Waals surface area contributed by atoms with Crippen LogP contribution in [0.15, 0.2) is 40.0 Å². The second-order valence-electron chi connectivity index (χ2n) is 7.58. The molecule has 1 fully saturated rings. The standard InChI is InChI=1S/C22H33N5OS2.HI/c1-3-23-22(25-12-7-11-24-21(28)19-10-6-15-30-19)26-16-17-8-4-13-27(2)20(17)18-9-5-14-29-18;/h5-6,9-10,14-15,17,20H,3-4,7-8,11-13,16H2,1-2H3,(H,24,28)(H2,23,25,26);1H. The van der Waals surface area contributed by atoms with Crippen LogP contribution in [0.2, 0.25) is 0 Å². The molecule has 3 rings (SSSR count). The van der Waals surface area contributed by atoms with E-state index >= 15 is 0 Å². The van der Waals surface area contributed by atoms with E-state index in [1.54, 1.807) is 0 Å². The number of carbonyl (C=O) groups excluding carboxylic acids is 1. The maximum absolute atomic E-state index is 12.0. The molecule has 0 aliphatic carbocycles. The molecule has 0 spiro atoms. The first kappa shape index (κ1) is 26.1. The maximum atomic E-state index is 12.0. The first-order valence-corrected chi connectivity index (χ1v) is 12.5. The molecule has 3 heterocycles. The van der Waals surface area contributed by atoms with E-state index in [1.165, 1.54) is 29.1 Å².